The van der Waals surface area contributed by atoms with Gasteiger partial charge in [-0.3, -0.25) is 14.9 Å². The number of ether oxygens (including phenoxy) is 1. The Bertz CT molecular complexity index is 478. The molecule has 0 aromatic carbocycles. The summed E-state index contributed by atoms with van der Waals surface area (Å²) >= 11 is 0. The Morgan fingerprint density at radius 1 is 1.35 bits per heavy atom. The highest BCUT2D eigenvalue weighted by molar-refractivity contribution is 6.05. The first-order valence-electron chi connectivity index (χ1n) is 4.87. The smallest absolute Gasteiger partial charge is 0.268 e. The fourth-order valence-electron chi connectivity index (χ4n) is 1.52. The molecule has 1 unspecified atom stereocenters. The number of nitrogen functional groups attached to an aromatic ring is 2. The van der Waals surface area contributed by atoms with Gasteiger partial charge >= 0.3 is 0 Å². The van der Waals surface area contributed by atoms with Crippen LogP contribution in [0.4, 0.5) is 11.8 Å². The first-order valence-corrected chi connectivity index (χ1v) is 4.87. The summed E-state index contributed by atoms with van der Waals surface area (Å²) in [6, 6.07) is 0. The molecule has 1 aliphatic rings. The summed E-state index contributed by atoms with van der Waals surface area (Å²) < 4.78 is 5.34. The van der Waals surface area contributed by atoms with E-state index in [-0.39, 0.29) is 29.8 Å². The average Bonchev–Trinajstić information content (AvgIpc) is 2.51. The van der Waals surface area contributed by atoms with Crippen LogP contribution in [-0.2, 0) is 9.59 Å². The number of nitrogens with zero attached hydrogens (tertiary/aromatic N) is 2. The van der Waals surface area contributed by atoms with Crippen molar-refractivity contribution in [3.8, 4) is 5.75 Å². The van der Waals surface area contributed by atoms with Crippen molar-refractivity contribution in [3.63, 3.8) is 0 Å². The van der Waals surface area contributed by atoms with Gasteiger partial charge in [-0.1, -0.05) is 0 Å². The van der Waals surface area contributed by atoms with Crippen molar-refractivity contribution in [2.45, 2.75) is 19.4 Å². The van der Waals surface area contributed by atoms with E-state index < -0.39 is 12.0 Å². The van der Waals surface area contributed by atoms with E-state index in [4.69, 9.17) is 16.2 Å². The SMILES string of the molecule is Cc1nc(N)nc(N)c1OC1CC(=O)NC1=O. The zero-order valence-corrected chi connectivity index (χ0v) is 9.06. The number of rotatable bonds is 2. The van der Waals surface area contributed by atoms with Crippen LogP contribution in [0, 0.1) is 6.92 Å². The van der Waals surface area contributed by atoms with Crippen LogP contribution in [0.1, 0.15) is 12.1 Å². The van der Waals surface area contributed by atoms with Crippen LogP contribution in [0.5, 0.6) is 5.75 Å². The van der Waals surface area contributed by atoms with Crippen molar-refractivity contribution in [1.29, 1.82) is 0 Å². The van der Waals surface area contributed by atoms with Crippen molar-refractivity contribution in [2.24, 2.45) is 0 Å². The summed E-state index contributed by atoms with van der Waals surface area (Å²) in [5.41, 5.74) is 11.4. The second-order valence-corrected chi connectivity index (χ2v) is 3.60. The van der Waals surface area contributed by atoms with Gasteiger partial charge < -0.3 is 16.2 Å². The molecule has 0 radical (unpaired) electrons. The lowest BCUT2D eigenvalue weighted by atomic mass is 10.3. The van der Waals surface area contributed by atoms with E-state index >= 15 is 0 Å². The van der Waals surface area contributed by atoms with Crippen LogP contribution in [0.25, 0.3) is 0 Å². The molecule has 1 fully saturated rings. The topological polar surface area (TPSA) is 133 Å². The number of imide groups is 1. The largest absolute Gasteiger partial charge is 0.474 e. The van der Waals surface area contributed by atoms with Crippen LogP contribution in [0.15, 0.2) is 0 Å². The number of aromatic nitrogens is 2. The van der Waals surface area contributed by atoms with Gasteiger partial charge in [-0.05, 0) is 6.92 Å². The molecular formula is C9H11N5O3. The lowest BCUT2D eigenvalue weighted by Crippen LogP contribution is -2.29. The number of carbonyl (C=O) groups is 2. The highest BCUT2D eigenvalue weighted by Gasteiger charge is 2.33. The molecule has 2 heterocycles. The minimum Gasteiger partial charge on any atom is -0.474 e. The quantitative estimate of drug-likeness (QED) is 0.547. The molecule has 0 bridgehead atoms. The molecule has 90 valence electrons. The van der Waals surface area contributed by atoms with Crippen LogP contribution in [0.2, 0.25) is 0 Å². The Morgan fingerprint density at radius 3 is 2.59 bits per heavy atom. The van der Waals surface area contributed by atoms with E-state index in [0.717, 1.165) is 0 Å². The molecule has 2 amide bonds. The molecule has 1 aliphatic heterocycles. The molecule has 2 rings (SSSR count). The van der Waals surface area contributed by atoms with E-state index in [2.05, 4.69) is 15.3 Å². The van der Waals surface area contributed by atoms with Gasteiger partial charge in [-0.2, -0.15) is 4.98 Å². The molecule has 1 atom stereocenters. The van der Waals surface area contributed by atoms with Crippen LogP contribution < -0.4 is 21.5 Å². The van der Waals surface area contributed by atoms with Gasteiger partial charge in [0.15, 0.2) is 17.7 Å². The van der Waals surface area contributed by atoms with Crippen LogP contribution in [-0.4, -0.2) is 27.9 Å². The zero-order chi connectivity index (χ0) is 12.6. The Morgan fingerprint density at radius 2 is 2.06 bits per heavy atom. The van der Waals surface area contributed by atoms with Crippen molar-refractivity contribution in [3.05, 3.63) is 5.69 Å². The van der Waals surface area contributed by atoms with E-state index in [0.29, 0.717) is 5.69 Å². The third-order valence-electron chi connectivity index (χ3n) is 2.26. The minimum atomic E-state index is -0.893. The Hall–Kier alpha value is -2.38. The maximum atomic E-state index is 11.3. The van der Waals surface area contributed by atoms with Gasteiger partial charge in [0, 0.05) is 0 Å². The third kappa shape index (κ3) is 2.10. The van der Waals surface area contributed by atoms with E-state index in [1.807, 2.05) is 0 Å². The van der Waals surface area contributed by atoms with Gasteiger partial charge in [0.05, 0.1) is 12.1 Å². The monoisotopic (exact) mass is 237 g/mol. The van der Waals surface area contributed by atoms with Crippen LogP contribution >= 0.6 is 0 Å². The fourth-order valence-corrected chi connectivity index (χ4v) is 1.52. The Labute approximate surface area is 96.4 Å². The van der Waals surface area contributed by atoms with E-state index in [9.17, 15) is 9.59 Å². The average molecular weight is 237 g/mol. The molecule has 1 aromatic heterocycles. The maximum absolute atomic E-state index is 11.3. The number of aryl methyl sites for hydroxylation is 1. The first-order chi connectivity index (χ1) is 7.97. The number of nitrogens with two attached hydrogens (primary N) is 2. The van der Waals surface area contributed by atoms with Crippen LogP contribution in [0.3, 0.4) is 0 Å². The summed E-state index contributed by atoms with van der Waals surface area (Å²) in [6.07, 6.45) is -0.932. The lowest BCUT2D eigenvalue weighted by molar-refractivity contribution is -0.126. The highest BCUT2D eigenvalue weighted by atomic mass is 16.5. The second-order valence-electron chi connectivity index (χ2n) is 3.60. The van der Waals surface area contributed by atoms with Gasteiger partial charge in [0.2, 0.25) is 11.9 Å². The normalized spacial score (nSPS) is 19.2. The standard InChI is InChI=1S/C9H11N5O3/c1-3-6(7(10)14-9(11)12-3)17-4-2-5(15)13-8(4)16/h4H,2H2,1H3,(H,13,15,16)(H4,10,11,12,14). The molecule has 0 spiro atoms. The number of nitrogens with one attached hydrogen (secondary N) is 1. The van der Waals surface area contributed by atoms with Gasteiger partial charge in [0.25, 0.3) is 5.91 Å². The summed E-state index contributed by atoms with van der Waals surface area (Å²) in [5, 5.41) is 2.13. The van der Waals surface area contributed by atoms with Crippen molar-refractivity contribution < 1.29 is 14.3 Å². The van der Waals surface area contributed by atoms with Crippen molar-refractivity contribution >= 4 is 23.6 Å². The van der Waals surface area contributed by atoms with Gasteiger partial charge in [0.1, 0.15) is 0 Å². The highest BCUT2D eigenvalue weighted by Crippen LogP contribution is 2.25. The molecule has 1 saturated heterocycles. The summed E-state index contributed by atoms with van der Waals surface area (Å²) in [4.78, 5) is 29.9. The number of amides is 2. The predicted octanol–water partition coefficient (Wildman–Crippen LogP) is -1.26. The number of hydrogen-bond donors (Lipinski definition) is 3. The van der Waals surface area contributed by atoms with Gasteiger partial charge in [-0.15, -0.1) is 0 Å². The van der Waals surface area contributed by atoms with E-state index in [1.54, 1.807) is 6.92 Å². The fraction of sp³-hybridized carbons (Fsp3) is 0.333. The van der Waals surface area contributed by atoms with Gasteiger partial charge in [-0.25, -0.2) is 4.98 Å². The molecule has 8 heteroatoms. The van der Waals surface area contributed by atoms with Crippen molar-refractivity contribution in [1.82, 2.24) is 15.3 Å². The predicted molar refractivity (Wildman–Crippen MR) is 57.8 cm³/mol. The first kappa shape index (κ1) is 11.1. The maximum Gasteiger partial charge on any atom is 0.268 e. The lowest BCUT2D eigenvalue weighted by Gasteiger charge is -2.13. The third-order valence-corrected chi connectivity index (χ3v) is 2.26. The number of carbonyl (C=O) groups excluding carboxylic acids is 2. The zero-order valence-electron chi connectivity index (χ0n) is 9.06. The summed E-state index contributed by atoms with van der Waals surface area (Å²) in [7, 11) is 0. The second kappa shape index (κ2) is 3.89. The minimum absolute atomic E-state index is 0.0271. The number of hydrogen-bond acceptors (Lipinski definition) is 7. The molecular weight excluding hydrogens is 226 g/mol. The molecule has 1 aromatic rings. The molecule has 17 heavy (non-hydrogen) atoms. The summed E-state index contributed by atoms with van der Waals surface area (Å²) in [6.45, 7) is 1.62. The Kier molecular flexibility index (Phi) is 2.54. The molecule has 8 nitrogen and oxygen atoms in total. The summed E-state index contributed by atoms with van der Waals surface area (Å²) in [5.74, 6) is -0.631. The molecule has 0 saturated carbocycles. The van der Waals surface area contributed by atoms with Crippen molar-refractivity contribution in [2.75, 3.05) is 11.5 Å². The Balaban J connectivity index is 2.25. The molecule has 5 N–H and O–H groups in total. The molecule has 0 aliphatic carbocycles. The van der Waals surface area contributed by atoms with E-state index in [1.165, 1.54) is 0 Å². The number of anilines is 2.